The van der Waals surface area contributed by atoms with E-state index < -0.39 is 8.07 Å². The molecule has 0 atom stereocenters. The average molecular weight is 1050 g/mol. The van der Waals surface area contributed by atoms with Gasteiger partial charge in [0.2, 0.25) is 0 Å². The molecule has 1 aromatic heterocycles. The van der Waals surface area contributed by atoms with Crippen molar-refractivity contribution in [2.75, 3.05) is 14.7 Å². The third-order valence-corrected chi connectivity index (χ3v) is 22.6. The van der Waals surface area contributed by atoms with E-state index in [1.54, 1.807) is 0 Å². The Morgan fingerprint density at radius 2 is 0.544 bits per heavy atom. The molecule has 4 nitrogen and oxygen atoms in total. The topological polar surface area (TPSA) is 14.7 Å². The lowest BCUT2D eigenvalue weighted by atomic mass is 9.84. The molecule has 0 saturated carbocycles. The monoisotopic (exact) mass is 1050 g/mol. The molecule has 79 heavy (non-hydrogen) atoms. The SMILES string of the molecule is CC(C)(C)c1ccc(N2c3cc(-n4c5ccccc5c5ccccc54)cc4c3[Si]3(c5ccccc5)c5c2cc(C(C)(C)C)cc5N(c2ccc(C(C)(C)C)cc2)c2cc(C(C)(C)C)cc(c23)N4c2ccc(C(C)(C)C)cc2)cc1. The van der Waals surface area contributed by atoms with Crippen molar-refractivity contribution in [1.29, 1.82) is 0 Å². The van der Waals surface area contributed by atoms with E-state index in [1.165, 1.54) is 110 Å². The predicted molar refractivity (Wildman–Crippen MR) is 343 cm³/mol. The summed E-state index contributed by atoms with van der Waals surface area (Å²) in [7, 11) is -3.39. The summed E-state index contributed by atoms with van der Waals surface area (Å²) in [5, 5.41) is 8.19. The van der Waals surface area contributed by atoms with Gasteiger partial charge in [0.05, 0.1) is 28.1 Å². The van der Waals surface area contributed by atoms with Gasteiger partial charge in [-0.3, -0.25) is 0 Å². The number of para-hydroxylation sites is 2. The molecule has 0 unspecified atom stereocenters. The van der Waals surface area contributed by atoms with E-state index in [-0.39, 0.29) is 27.1 Å². The molecular weight excluding hydrogens is 973 g/mol. The Bertz CT molecular complexity index is 3860. The van der Waals surface area contributed by atoms with Crippen LogP contribution in [0.15, 0.2) is 188 Å². The quantitative estimate of drug-likeness (QED) is 0.160. The molecule has 0 N–H and O–H groups in total. The number of aromatic nitrogens is 1. The van der Waals surface area contributed by atoms with Crippen LogP contribution >= 0.6 is 0 Å². The zero-order chi connectivity index (χ0) is 55.5. The Hall–Kier alpha value is -7.60. The van der Waals surface area contributed by atoms with Crippen LogP contribution in [0.2, 0.25) is 0 Å². The van der Waals surface area contributed by atoms with E-state index in [4.69, 9.17) is 0 Å². The van der Waals surface area contributed by atoms with Gasteiger partial charge in [-0.05, 0) is 145 Å². The lowest BCUT2D eigenvalue weighted by molar-refractivity contribution is 0.589. The fourth-order valence-corrected chi connectivity index (χ4v) is 19.0. The molecule has 0 fully saturated rings. The molecule has 10 aromatic rings. The van der Waals surface area contributed by atoms with Gasteiger partial charge in [0.15, 0.2) is 8.07 Å². The molecule has 3 aliphatic heterocycles. The maximum atomic E-state index is 2.69. The molecule has 0 bridgehead atoms. The first-order valence-electron chi connectivity index (χ1n) is 28.7. The third-order valence-electron chi connectivity index (χ3n) is 17.6. The fourth-order valence-electron chi connectivity index (χ4n) is 13.3. The Balaban J connectivity index is 1.29. The van der Waals surface area contributed by atoms with Crippen LogP contribution in [0.4, 0.5) is 51.2 Å². The van der Waals surface area contributed by atoms with Gasteiger partial charge in [0.1, 0.15) is 0 Å². The van der Waals surface area contributed by atoms with Crippen LogP contribution in [0, 0.1) is 0 Å². The maximum absolute atomic E-state index is 3.39. The highest BCUT2D eigenvalue weighted by molar-refractivity contribution is 7.24. The van der Waals surface area contributed by atoms with Crippen LogP contribution in [0.1, 0.15) is 132 Å². The number of nitrogens with zero attached hydrogens (tertiary/aromatic N) is 4. The van der Waals surface area contributed by atoms with Crippen molar-refractivity contribution in [2.24, 2.45) is 0 Å². The highest BCUT2D eigenvalue weighted by Crippen LogP contribution is 2.56. The first-order valence-corrected chi connectivity index (χ1v) is 30.7. The van der Waals surface area contributed by atoms with E-state index in [2.05, 4.69) is 311 Å². The first-order chi connectivity index (χ1) is 37.3. The number of anilines is 9. The molecule has 3 aliphatic rings. The Kier molecular flexibility index (Phi) is 11.1. The molecule has 4 heterocycles. The molecule has 0 amide bonds. The summed E-state index contributed by atoms with van der Waals surface area (Å²) in [5.74, 6) is 0. The van der Waals surface area contributed by atoms with Gasteiger partial charge >= 0.3 is 0 Å². The van der Waals surface area contributed by atoms with Crippen molar-refractivity contribution in [3.63, 3.8) is 0 Å². The first kappa shape index (κ1) is 50.9. The molecule has 5 heteroatoms. The van der Waals surface area contributed by atoms with Crippen LogP contribution < -0.4 is 35.4 Å². The normalized spacial score (nSPS) is 14.8. The molecular formula is C74H76N4Si. The van der Waals surface area contributed by atoms with Crippen molar-refractivity contribution in [3.8, 4) is 5.69 Å². The second-order valence-corrected chi connectivity index (χ2v) is 31.6. The lowest BCUT2D eigenvalue weighted by Crippen LogP contribution is -2.81. The average Bonchev–Trinajstić information content (AvgIpc) is 3.84. The summed E-state index contributed by atoms with van der Waals surface area (Å²) in [5.41, 5.74) is 20.7. The van der Waals surface area contributed by atoms with Crippen LogP contribution in [0.25, 0.3) is 27.5 Å². The number of hydrogen-bond acceptors (Lipinski definition) is 3. The van der Waals surface area contributed by atoms with Crippen LogP contribution in [0.5, 0.6) is 0 Å². The minimum atomic E-state index is -3.39. The minimum absolute atomic E-state index is 0.00327. The van der Waals surface area contributed by atoms with E-state index >= 15 is 0 Å². The standard InChI is InChI=1S/C74H76N4Si/c1-70(2,3)47-29-35-52(36-30-47)75-61-41-50(73(10,11)12)43-63-67(61)79(56-23-17-16-18-24-56)68-62(75)42-51(74(13,14)15)44-64(68)77(54-39-33-49(34-40-54)72(7,8)9)66-46-55(78-59-27-21-19-25-57(59)58-26-20-22-28-60(58)78)45-65(69(66)79)76(63)53-37-31-48(32-38-53)71(4,5)6/h16-46H,1-15H3. The minimum Gasteiger partial charge on any atom is -0.310 e. The van der Waals surface area contributed by atoms with Crippen molar-refractivity contribution in [3.05, 3.63) is 216 Å². The Morgan fingerprint density at radius 1 is 0.266 bits per heavy atom. The van der Waals surface area contributed by atoms with Crippen molar-refractivity contribution in [2.45, 2.75) is 131 Å². The van der Waals surface area contributed by atoms with E-state index in [1.807, 2.05) is 0 Å². The van der Waals surface area contributed by atoms with Gasteiger partial charge in [0, 0.05) is 66.1 Å². The van der Waals surface area contributed by atoms with E-state index in [0.29, 0.717) is 0 Å². The number of benzene rings is 9. The van der Waals surface area contributed by atoms with Gasteiger partial charge in [-0.25, -0.2) is 0 Å². The van der Waals surface area contributed by atoms with Crippen LogP contribution in [-0.2, 0) is 27.1 Å². The van der Waals surface area contributed by atoms with Gasteiger partial charge in [-0.1, -0.05) is 207 Å². The summed E-state index contributed by atoms with van der Waals surface area (Å²) < 4.78 is 2.54. The number of rotatable bonds is 5. The van der Waals surface area contributed by atoms with Gasteiger partial charge < -0.3 is 19.3 Å². The Morgan fingerprint density at radius 3 is 0.848 bits per heavy atom. The number of fused-ring (bicyclic) bond motifs is 3. The highest BCUT2D eigenvalue weighted by Gasteiger charge is 2.60. The molecule has 0 aliphatic carbocycles. The summed E-state index contributed by atoms with van der Waals surface area (Å²) >= 11 is 0. The van der Waals surface area contributed by atoms with Crippen LogP contribution in [0.3, 0.4) is 0 Å². The van der Waals surface area contributed by atoms with E-state index in [9.17, 15) is 0 Å². The zero-order valence-corrected chi connectivity index (χ0v) is 50.2. The van der Waals surface area contributed by atoms with Gasteiger partial charge in [0.25, 0.3) is 0 Å². The second kappa shape index (κ2) is 17.2. The molecule has 0 saturated heterocycles. The molecule has 9 aromatic carbocycles. The van der Waals surface area contributed by atoms with Gasteiger partial charge in [-0.2, -0.15) is 0 Å². The summed E-state index contributed by atoms with van der Waals surface area (Å²) in [6, 6.07) is 74.0. The lowest BCUT2D eigenvalue weighted by Gasteiger charge is -2.56. The van der Waals surface area contributed by atoms with Crippen LogP contribution in [-0.4, -0.2) is 12.6 Å². The van der Waals surface area contributed by atoms with Crippen molar-refractivity contribution in [1.82, 2.24) is 4.57 Å². The Labute approximate surface area is 471 Å². The van der Waals surface area contributed by atoms with Crippen molar-refractivity contribution < 1.29 is 0 Å². The predicted octanol–water partition coefficient (Wildman–Crippen LogP) is 18.0. The van der Waals surface area contributed by atoms with E-state index in [0.717, 1.165) is 17.1 Å². The fraction of sp³-hybridized carbons (Fsp3) is 0.270. The molecule has 13 rings (SSSR count). The summed E-state index contributed by atoms with van der Waals surface area (Å²) in [6.07, 6.45) is 0. The maximum Gasteiger partial charge on any atom is 0.194 e. The van der Waals surface area contributed by atoms with Crippen molar-refractivity contribution >= 4 is 102 Å². The largest absolute Gasteiger partial charge is 0.310 e. The number of hydrogen-bond donors (Lipinski definition) is 0. The molecule has 0 radical (unpaired) electrons. The highest BCUT2D eigenvalue weighted by atomic mass is 28.3. The summed E-state index contributed by atoms with van der Waals surface area (Å²) in [4.78, 5) is 8.06. The van der Waals surface area contributed by atoms with Gasteiger partial charge in [-0.15, -0.1) is 0 Å². The second-order valence-electron chi connectivity index (χ2n) is 28.0. The zero-order valence-electron chi connectivity index (χ0n) is 49.2. The summed E-state index contributed by atoms with van der Waals surface area (Å²) in [6.45, 7) is 35.2. The third kappa shape index (κ3) is 7.73. The molecule has 396 valence electrons. The molecule has 0 spiro atoms. The smallest absolute Gasteiger partial charge is 0.194 e.